The number of nitrogens with zero attached hydrogens (tertiary/aromatic N) is 2. The first-order valence-corrected chi connectivity index (χ1v) is 5.08. The van der Waals surface area contributed by atoms with Gasteiger partial charge in [-0.25, -0.2) is 0 Å². The first-order valence-electron chi connectivity index (χ1n) is 4.70. The number of benzene rings is 1. The Bertz CT molecular complexity index is 398. The Kier molecular flexibility index (Phi) is 3.02. The number of hydrogen-bond donors (Lipinski definition) is 0. The summed E-state index contributed by atoms with van der Waals surface area (Å²) in [6, 6.07) is 7.84. The summed E-state index contributed by atoms with van der Waals surface area (Å²) in [5.41, 5.74) is 1.13. The van der Waals surface area contributed by atoms with Crippen LogP contribution in [0.4, 0.5) is 0 Å². The van der Waals surface area contributed by atoms with Crippen molar-refractivity contribution in [3.63, 3.8) is 0 Å². The van der Waals surface area contributed by atoms with Crippen LogP contribution in [0.2, 0.25) is 0 Å². The molecule has 0 saturated heterocycles. The number of hydrogen-bond acceptors (Lipinski definition) is 3. The fourth-order valence-corrected chi connectivity index (χ4v) is 1.78. The molecule has 0 amide bonds. The Morgan fingerprint density at radius 2 is 2.07 bits per heavy atom. The Morgan fingerprint density at radius 1 is 1.33 bits per heavy atom. The molecular weight excluding hydrogens is 212 g/mol. The summed E-state index contributed by atoms with van der Waals surface area (Å²) < 4.78 is 5.09. The molecule has 0 radical (unpaired) electrons. The van der Waals surface area contributed by atoms with Crippen molar-refractivity contribution in [3.05, 3.63) is 29.8 Å². The van der Waals surface area contributed by atoms with E-state index in [4.69, 9.17) is 16.3 Å². The zero-order valence-corrected chi connectivity index (χ0v) is 9.11. The third kappa shape index (κ3) is 2.18. The van der Waals surface area contributed by atoms with Gasteiger partial charge in [-0.15, -0.1) is 5.10 Å². The first-order chi connectivity index (χ1) is 7.31. The molecule has 1 heterocycles. The Labute approximate surface area is 93.4 Å². The van der Waals surface area contributed by atoms with Crippen LogP contribution in [-0.4, -0.2) is 18.5 Å². The molecule has 4 heteroatoms. The van der Waals surface area contributed by atoms with Crippen molar-refractivity contribution in [2.24, 2.45) is 10.2 Å². The van der Waals surface area contributed by atoms with E-state index >= 15 is 0 Å². The second-order valence-corrected chi connectivity index (χ2v) is 3.67. The minimum atomic E-state index is 0.134. The van der Waals surface area contributed by atoms with Crippen LogP contribution in [0.15, 0.2) is 34.5 Å². The maximum absolute atomic E-state index is 6.00. The lowest BCUT2D eigenvalue weighted by atomic mass is 9.97. The molecule has 78 valence electrons. The lowest BCUT2D eigenvalue weighted by molar-refractivity contribution is 0.414. The van der Waals surface area contributed by atoms with Gasteiger partial charge in [-0.2, -0.15) is 5.10 Å². The van der Waals surface area contributed by atoms with Gasteiger partial charge in [0.05, 0.1) is 7.11 Å². The van der Waals surface area contributed by atoms with Crippen LogP contribution in [0.1, 0.15) is 17.9 Å². The summed E-state index contributed by atoms with van der Waals surface area (Å²) in [6.07, 6.45) is 2.58. The molecular formula is C11H11ClN2O. The molecule has 2 rings (SSSR count). The largest absolute Gasteiger partial charge is 0.497 e. The van der Waals surface area contributed by atoms with Gasteiger partial charge in [0.2, 0.25) is 0 Å². The van der Waals surface area contributed by atoms with Crippen molar-refractivity contribution in [1.82, 2.24) is 0 Å². The molecule has 0 aliphatic carbocycles. The normalized spacial score (nSPS) is 19.9. The van der Waals surface area contributed by atoms with Gasteiger partial charge in [-0.3, -0.25) is 0 Å². The van der Waals surface area contributed by atoms with Crippen LogP contribution in [-0.2, 0) is 0 Å². The molecule has 0 bridgehead atoms. The van der Waals surface area contributed by atoms with Crippen LogP contribution in [0.3, 0.4) is 0 Å². The Morgan fingerprint density at radius 3 is 2.67 bits per heavy atom. The molecule has 0 fully saturated rings. The lowest BCUT2D eigenvalue weighted by Gasteiger charge is -2.15. The molecule has 1 aromatic rings. The first kappa shape index (κ1) is 10.2. The molecule has 3 nitrogen and oxygen atoms in total. The monoisotopic (exact) mass is 222 g/mol. The summed E-state index contributed by atoms with van der Waals surface area (Å²) in [6.45, 7) is 0. The minimum absolute atomic E-state index is 0.134. The molecule has 1 aromatic carbocycles. The van der Waals surface area contributed by atoms with E-state index in [9.17, 15) is 0 Å². The lowest BCUT2D eigenvalue weighted by Crippen LogP contribution is -2.10. The summed E-state index contributed by atoms with van der Waals surface area (Å²) >= 11 is 6.00. The predicted octanol–water partition coefficient (Wildman–Crippen LogP) is 2.81. The van der Waals surface area contributed by atoms with Crippen molar-refractivity contribution in [2.75, 3.05) is 7.11 Å². The third-order valence-corrected chi connectivity index (χ3v) is 2.72. The highest BCUT2D eigenvalue weighted by atomic mass is 35.5. The maximum Gasteiger partial charge on any atom is 0.136 e. The summed E-state index contributed by atoms with van der Waals surface area (Å²) in [5, 5.41) is 8.17. The van der Waals surface area contributed by atoms with Gasteiger partial charge >= 0.3 is 0 Å². The highest BCUT2D eigenvalue weighted by Crippen LogP contribution is 2.26. The van der Waals surface area contributed by atoms with Crippen molar-refractivity contribution in [3.8, 4) is 5.75 Å². The molecule has 0 saturated carbocycles. The molecule has 0 spiro atoms. The summed E-state index contributed by atoms with van der Waals surface area (Å²) in [5.74, 6) is 0.978. The molecule has 1 atom stereocenters. The second kappa shape index (κ2) is 4.45. The quantitative estimate of drug-likeness (QED) is 0.758. The molecule has 0 aromatic heterocycles. The topological polar surface area (TPSA) is 34.0 Å². The summed E-state index contributed by atoms with van der Waals surface area (Å²) in [7, 11) is 1.65. The number of ether oxygens (including phenoxy) is 1. The van der Waals surface area contributed by atoms with Crippen molar-refractivity contribution < 1.29 is 4.74 Å². The molecule has 0 N–H and O–H groups in total. The van der Waals surface area contributed by atoms with Gasteiger partial charge in [-0.05, 0) is 24.1 Å². The second-order valence-electron chi connectivity index (χ2n) is 3.28. The van der Waals surface area contributed by atoms with E-state index in [2.05, 4.69) is 10.2 Å². The van der Waals surface area contributed by atoms with Crippen LogP contribution < -0.4 is 4.74 Å². The van der Waals surface area contributed by atoms with Crippen LogP contribution in [0.5, 0.6) is 5.75 Å². The molecule has 1 aliphatic heterocycles. The zero-order chi connectivity index (χ0) is 10.7. The van der Waals surface area contributed by atoms with Crippen LogP contribution in [0, 0.1) is 0 Å². The van der Waals surface area contributed by atoms with E-state index < -0.39 is 0 Å². The third-order valence-electron chi connectivity index (χ3n) is 2.38. The zero-order valence-electron chi connectivity index (χ0n) is 8.35. The van der Waals surface area contributed by atoms with Crippen LogP contribution >= 0.6 is 11.6 Å². The van der Waals surface area contributed by atoms with E-state index in [1.54, 1.807) is 13.3 Å². The van der Waals surface area contributed by atoms with Gasteiger partial charge in [0.1, 0.15) is 10.9 Å². The molecule has 1 aliphatic rings. The van der Waals surface area contributed by atoms with Crippen molar-refractivity contribution >= 4 is 23.0 Å². The minimum Gasteiger partial charge on any atom is -0.497 e. The Hall–Kier alpha value is -1.35. The predicted molar refractivity (Wildman–Crippen MR) is 62.1 cm³/mol. The number of methoxy groups -OCH3 is 1. The fourth-order valence-electron chi connectivity index (χ4n) is 1.53. The van der Waals surface area contributed by atoms with E-state index in [1.807, 2.05) is 24.3 Å². The number of halogens is 1. The van der Waals surface area contributed by atoms with E-state index in [0.29, 0.717) is 5.17 Å². The average Bonchev–Trinajstić information content (AvgIpc) is 2.30. The van der Waals surface area contributed by atoms with Gasteiger partial charge < -0.3 is 4.74 Å². The van der Waals surface area contributed by atoms with Crippen LogP contribution in [0.25, 0.3) is 0 Å². The fraction of sp³-hybridized carbons (Fsp3) is 0.273. The van der Waals surface area contributed by atoms with E-state index in [1.165, 1.54) is 0 Å². The average molecular weight is 223 g/mol. The van der Waals surface area contributed by atoms with Gasteiger partial charge in [0, 0.05) is 12.1 Å². The smallest absolute Gasteiger partial charge is 0.136 e. The van der Waals surface area contributed by atoms with Crippen molar-refractivity contribution in [1.29, 1.82) is 0 Å². The van der Waals surface area contributed by atoms with Crippen molar-refractivity contribution in [2.45, 2.75) is 12.3 Å². The van der Waals surface area contributed by atoms with Gasteiger partial charge in [-0.1, -0.05) is 23.7 Å². The number of rotatable bonds is 2. The maximum atomic E-state index is 6.00. The molecule has 1 unspecified atom stereocenters. The summed E-state index contributed by atoms with van der Waals surface area (Å²) in [4.78, 5) is 0. The standard InChI is InChI=1S/C11H11ClN2O/c1-15-9-4-2-8(3-5-9)10-6-7-13-14-11(10)12/h2-5,7,10H,6H2,1H3. The van der Waals surface area contributed by atoms with Gasteiger partial charge in [0.25, 0.3) is 0 Å². The Balaban J connectivity index is 2.23. The van der Waals surface area contributed by atoms with E-state index in [-0.39, 0.29) is 5.92 Å². The highest BCUT2D eigenvalue weighted by molar-refractivity contribution is 6.66. The highest BCUT2D eigenvalue weighted by Gasteiger charge is 2.18. The van der Waals surface area contributed by atoms with E-state index in [0.717, 1.165) is 17.7 Å². The van der Waals surface area contributed by atoms with Gasteiger partial charge in [0.15, 0.2) is 0 Å². The molecule has 15 heavy (non-hydrogen) atoms. The SMILES string of the molecule is COc1ccc(C2CC=NN=C2Cl)cc1.